The summed E-state index contributed by atoms with van der Waals surface area (Å²) >= 11 is 5.05. The predicted octanol–water partition coefficient (Wildman–Crippen LogP) is 0.835. The van der Waals surface area contributed by atoms with Gasteiger partial charge >= 0.3 is 0 Å². The number of aliphatic hydroxyl groups is 2. The van der Waals surface area contributed by atoms with Crippen LogP contribution in [-0.4, -0.2) is 104 Å². The molecule has 1 amide bonds. The van der Waals surface area contributed by atoms with Crippen LogP contribution >= 0.6 is 31.6 Å². The molecule has 0 radical (unpaired) electrons. The van der Waals surface area contributed by atoms with E-state index < -0.39 is 13.1 Å². The first-order valence-electron chi connectivity index (χ1n) is 13.4. The molecule has 0 saturated heterocycles. The third-order valence-corrected chi connectivity index (χ3v) is 8.24. The minimum absolute atomic E-state index is 0.0166. The lowest BCUT2D eigenvalue weighted by Crippen LogP contribution is -2.36. The number of ether oxygens (including phenoxy) is 1. The van der Waals surface area contributed by atoms with E-state index in [9.17, 15) is 14.7 Å². The fraction of sp³-hybridized carbons (Fsp3) is 0.750. The van der Waals surface area contributed by atoms with Gasteiger partial charge in [0.05, 0.1) is 31.2 Å². The monoisotopic (exact) mass is 674 g/mol. The van der Waals surface area contributed by atoms with Crippen LogP contribution in [-0.2, 0) is 25.1 Å². The number of nitrogens with zero attached hydrogens (tertiary/aromatic N) is 3. The molecule has 0 saturated carbocycles. The van der Waals surface area contributed by atoms with Gasteiger partial charge in [-0.2, -0.15) is 4.98 Å². The molecule has 0 aliphatic carbocycles. The van der Waals surface area contributed by atoms with E-state index >= 15 is 0 Å². The number of anilines is 1. The molecular formula is C24H49N7O9PS2+. The van der Waals surface area contributed by atoms with Gasteiger partial charge in [0.1, 0.15) is 0 Å². The molecule has 43 heavy (non-hydrogen) atoms. The van der Waals surface area contributed by atoms with Crippen molar-refractivity contribution in [2.75, 3.05) is 58.1 Å². The van der Waals surface area contributed by atoms with E-state index in [1.54, 1.807) is 4.57 Å². The van der Waals surface area contributed by atoms with E-state index in [0.29, 0.717) is 31.5 Å². The van der Waals surface area contributed by atoms with Gasteiger partial charge in [0.2, 0.25) is 19.4 Å². The highest BCUT2D eigenvalue weighted by Gasteiger charge is 2.23. The Morgan fingerprint density at radius 1 is 1.19 bits per heavy atom. The number of nitrogens with two attached hydrogens (primary N) is 2. The molecule has 2 aromatic heterocycles. The fourth-order valence-electron chi connectivity index (χ4n) is 3.40. The quantitative estimate of drug-likeness (QED) is 0.0273. The molecule has 0 aliphatic rings. The summed E-state index contributed by atoms with van der Waals surface area (Å²) in [5.74, 6) is -0.0722. The maximum Gasteiger partial charge on any atom is 0.280 e. The Bertz CT molecular complexity index is 1120. The molecule has 0 fully saturated rings. The number of amides is 1. The number of nitrogen functional groups attached to an aromatic ring is 1. The van der Waals surface area contributed by atoms with Crippen LogP contribution in [0.5, 0.6) is 0 Å². The number of nitrogens with one attached hydrogen (secondary N) is 2. The molecule has 11 N–H and O–H groups in total. The summed E-state index contributed by atoms with van der Waals surface area (Å²) in [6.45, 7) is 10.4. The highest BCUT2D eigenvalue weighted by molar-refractivity contribution is 8.41. The molecular weight excluding hydrogens is 625 g/mol. The van der Waals surface area contributed by atoms with Crippen molar-refractivity contribution in [2.24, 2.45) is 11.1 Å². The number of carbonyl (C=O) groups is 1. The van der Waals surface area contributed by atoms with E-state index in [4.69, 9.17) is 36.3 Å². The lowest BCUT2D eigenvalue weighted by atomic mass is 9.89. The van der Waals surface area contributed by atoms with Crippen molar-refractivity contribution in [3.05, 3.63) is 10.4 Å². The number of imidazole rings is 1. The first kappa shape index (κ1) is 41.4. The standard InChI is InChI=1S/C21H37N7O4S.C3H9O3PS.H2O2/c1-20(2,7-11-32-21(3,4)6-5-8-22)13-24-14(30)12-33-19-25-15-16(28(19)9-10-29)26-18(23)27-17(15)31;1-5-7(8)6-3-2-4;1-2/h29H,5-13,22H2,1-4H3,(H,24,30)(H3,23,26,27,31);4,8H,2-3H2,1H3;1-2H/p+1. The molecule has 2 rings (SSSR count). The molecule has 1 atom stereocenters. The Morgan fingerprint density at radius 3 is 2.44 bits per heavy atom. The molecule has 16 nitrogen and oxygen atoms in total. The number of carbonyl (C=O) groups excluding carboxylic acids is 1. The second-order valence-corrected chi connectivity index (χ2v) is 13.4. The number of rotatable bonds is 18. The second kappa shape index (κ2) is 22.0. The van der Waals surface area contributed by atoms with Gasteiger partial charge in [0.25, 0.3) is 5.56 Å². The van der Waals surface area contributed by atoms with Gasteiger partial charge < -0.3 is 45.3 Å². The molecule has 250 valence electrons. The predicted molar refractivity (Wildman–Crippen MR) is 172 cm³/mol. The summed E-state index contributed by atoms with van der Waals surface area (Å²) in [4.78, 5) is 35.4. The average Bonchev–Trinajstić information content (AvgIpc) is 3.31. The maximum absolute atomic E-state index is 12.5. The van der Waals surface area contributed by atoms with E-state index in [1.807, 2.05) is 0 Å². The molecule has 0 spiro atoms. The Kier molecular flexibility index (Phi) is 21.2. The molecule has 2 aromatic rings. The summed E-state index contributed by atoms with van der Waals surface area (Å²) in [6.07, 6.45) is 2.63. The molecule has 2 heterocycles. The largest absolute Gasteiger partial charge is 0.395 e. The Labute approximate surface area is 262 Å². The van der Waals surface area contributed by atoms with E-state index in [1.165, 1.54) is 18.9 Å². The van der Waals surface area contributed by atoms with Crippen molar-refractivity contribution >= 4 is 54.6 Å². The number of thioether (sulfide) groups is 1. The summed E-state index contributed by atoms with van der Waals surface area (Å²) in [5, 5.41) is 32.0. The highest BCUT2D eigenvalue weighted by atomic mass is 32.7. The van der Waals surface area contributed by atoms with Crippen LogP contribution < -0.4 is 22.3 Å². The third-order valence-electron chi connectivity index (χ3n) is 5.71. The summed E-state index contributed by atoms with van der Waals surface area (Å²) in [7, 11) is 0.460. The van der Waals surface area contributed by atoms with Gasteiger partial charge in [0.15, 0.2) is 16.3 Å². The summed E-state index contributed by atoms with van der Waals surface area (Å²) in [6, 6.07) is 0. The Morgan fingerprint density at radius 2 is 1.86 bits per heavy atom. The van der Waals surface area contributed by atoms with Crippen molar-refractivity contribution in [3.63, 3.8) is 0 Å². The smallest absolute Gasteiger partial charge is 0.280 e. The number of hydrogen-bond acceptors (Lipinski definition) is 14. The lowest BCUT2D eigenvalue weighted by molar-refractivity contribution is -0.176. The average molecular weight is 675 g/mol. The first-order valence-corrected chi connectivity index (χ1v) is 16.7. The Hall–Kier alpha value is -1.57. The molecule has 1 unspecified atom stereocenters. The normalized spacial score (nSPS) is 12.3. The van der Waals surface area contributed by atoms with Crippen molar-refractivity contribution in [2.45, 2.75) is 64.3 Å². The van der Waals surface area contributed by atoms with Crippen molar-refractivity contribution in [3.8, 4) is 0 Å². The number of hydrogen-bond donors (Lipinski definition) is 8. The number of thiol groups is 1. The minimum Gasteiger partial charge on any atom is -0.395 e. The van der Waals surface area contributed by atoms with Crippen LogP contribution in [0.2, 0.25) is 0 Å². The number of H-pyrrole nitrogens is 1. The second-order valence-electron chi connectivity index (χ2n) is 10.4. The van der Waals surface area contributed by atoms with Crippen molar-refractivity contribution in [1.82, 2.24) is 24.8 Å². The van der Waals surface area contributed by atoms with Crippen molar-refractivity contribution < 1.29 is 39.3 Å². The number of aliphatic hydroxyl groups excluding tert-OH is 2. The molecule has 19 heteroatoms. The van der Waals surface area contributed by atoms with Gasteiger partial charge in [0, 0.05) is 26.8 Å². The zero-order chi connectivity index (χ0) is 33.1. The number of fused-ring (bicyclic) bond motifs is 1. The van der Waals surface area contributed by atoms with Crippen LogP contribution in [0.3, 0.4) is 0 Å². The third kappa shape index (κ3) is 16.9. The van der Waals surface area contributed by atoms with Crippen molar-refractivity contribution in [1.29, 1.82) is 0 Å². The first-order chi connectivity index (χ1) is 20.3. The van der Waals surface area contributed by atoms with Crippen LogP contribution in [0, 0.1) is 5.41 Å². The lowest BCUT2D eigenvalue weighted by Gasteiger charge is -2.29. The van der Waals surface area contributed by atoms with Gasteiger partial charge in [-0.1, -0.05) is 37.9 Å². The van der Waals surface area contributed by atoms with E-state index in [0.717, 1.165) is 19.3 Å². The highest BCUT2D eigenvalue weighted by Crippen LogP contribution is 2.41. The topological polar surface area (TPSA) is 256 Å². The zero-order valence-electron chi connectivity index (χ0n) is 25.5. The maximum atomic E-state index is 12.5. The van der Waals surface area contributed by atoms with E-state index in [2.05, 4.69) is 64.7 Å². The summed E-state index contributed by atoms with van der Waals surface area (Å²) < 4.78 is 17.1. The SMILES string of the molecule is CC(C)(CCOC(C)(C)CCCN)CNC(=O)CSc1nc2c(=O)[nH]c(N)nc2n1CCO.COP(S)OCCO.O[OH2+]. The fourth-order valence-corrected chi connectivity index (χ4v) is 4.84. The Balaban J connectivity index is 0.00000152. The summed E-state index contributed by atoms with van der Waals surface area (Å²) in [5.41, 5.74) is 10.8. The van der Waals surface area contributed by atoms with Gasteiger partial charge in [-0.05, 0) is 45.1 Å². The van der Waals surface area contributed by atoms with Crippen LogP contribution in [0.1, 0.15) is 47.0 Å². The van der Waals surface area contributed by atoms with Crippen LogP contribution in [0.15, 0.2) is 9.95 Å². The van der Waals surface area contributed by atoms with Gasteiger partial charge in [-0.3, -0.25) is 19.8 Å². The van der Waals surface area contributed by atoms with Crippen LogP contribution in [0.25, 0.3) is 11.2 Å². The van der Waals surface area contributed by atoms with Gasteiger partial charge in [-0.25, -0.2) is 4.98 Å². The molecule has 0 bridgehead atoms. The van der Waals surface area contributed by atoms with Gasteiger partial charge in [-0.15, -0.1) is 5.26 Å². The minimum atomic E-state index is -1.05. The molecule has 0 aliphatic heterocycles. The zero-order valence-corrected chi connectivity index (χ0v) is 28.1. The van der Waals surface area contributed by atoms with Crippen LogP contribution in [0.4, 0.5) is 5.95 Å². The molecule has 0 aromatic carbocycles. The number of aromatic amines is 1. The van der Waals surface area contributed by atoms with E-state index in [-0.39, 0.29) is 59.5 Å². The number of aromatic nitrogens is 4.